The molecule has 2 aromatic rings. The molecule has 3 rings (SSSR count). The van der Waals surface area contributed by atoms with Crippen LogP contribution in [0.5, 0.6) is 5.75 Å². The Hall–Kier alpha value is -2.50. The first-order valence-electron chi connectivity index (χ1n) is 9.81. The zero-order chi connectivity index (χ0) is 19.2. The number of aryl methyl sites for hydroxylation is 1. The Kier molecular flexibility index (Phi) is 6.37. The molecule has 0 radical (unpaired) electrons. The lowest BCUT2D eigenvalue weighted by atomic mass is 9.96. The maximum absolute atomic E-state index is 12.7. The average Bonchev–Trinajstić information content (AvgIpc) is 3.14. The molecule has 1 aromatic heterocycles. The van der Waals surface area contributed by atoms with Crippen LogP contribution in [-0.2, 0) is 13.0 Å². The zero-order valence-electron chi connectivity index (χ0n) is 16.1. The number of carbonyl (C=O) groups is 1. The number of nitrogens with one attached hydrogen (secondary N) is 1. The molecule has 1 aliphatic rings. The molecule has 2 amide bonds. The van der Waals surface area contributed by atoms with Crippen molar-refractivity contribution in [1.82, 2.24) is 15.4 Å². The fourth-order valence-electron chi connectivity index (χ4n) is 3.56. The number of aromatic nitrogens is 1. The van der Waals surface area contributed by atoms with E-state index in [4.69, 9.17) is 4.52 Å². The fourth-order valence-corrected chi connectivity index (χ4v) is 3.56. The normalized spacial score (nSPS) is 17.3. The van der Waals surface area contributed by atoms with Gasteiger partial charge in [-0.15, -0.1) is 0 Å². The highest BCUT2D eigenvalue weighted by Crippen LogP contribution is 2.23. The van der Waals surface area contributed by atoms with Crippen LogP contribution < -0.4 is 5.32 Å². The molecule has 2 heterocycles. The molecule has 27 heavy (non-hydrogen) atoms. The van der Waals surface area contributed by atoms with E-state index in [2.05, 4.69) is 10.5 Å². The monoisotopic (exact) mass is 371 g/mol. The van der Waals surface area contributed by atoms with Crippen LogP contribution in [0.2, 0.25) is 0 Å². The van der Waals surface area contributed by atoms with Gasteiger partial charge in [0.25, 0.3) is 0 Å². The molecule has 6 heteroatoms. The highest BCUT2D eigenvalue weighted by molar-refractivity contribution is 5.74. The van der Waals surface area contributed by atoms with Crippen molar-refractivity contribution in [2.24, 2.45) is 0 Å². The van der Waals surface area contributed by atoms with Crippen molar-refractivity contribution in [2.45, 2.75) is 64.5 Å². The Morgan fingerprint density at radius 3 is 2.96 bits per heavy atom. The number of rotatable bonds is 6. The first kappa shape index (κ1) is 19.3. The lowest BCUT2D eigenvalue weighted by Gasteiger charge is -2.35. The van der Waals surface area contributed by atoms with Gasteiger partial charge in [0.05, 0.1) is 6.54 Å². The van der Waals surface area contributed by atoms with Gasteiger partial charge in [-0.2, -0.15) is 0 Å². The Labute approximate surface area is 160 Å². The number of nitrogens with zero attached hydrogens (tertiary/aromatic N) is 2. The highest BCUT2D eigenvalue weighted by atomic mass is 16.5. The van der Waals surface area contributed by atoms with E-state index in [0.29, 0.717) is 12.3 Å². The van der Waals surface area contributed by atoms with Crippen LogP contribution in [0.25, 0.3) is 0 Å². The second-order valence-electron chi connectivity index (χ2n) is 7.59. The van der Waals surface area contributed by atoms with Crippen LogP contribution in [0, 0.1) is 0 Å². The summed E-state index contributed by atoms with van der Waals surface area (Å²) in [6, 6.07) is 9.45. The predicted octanol–water partition coefficient (Wildman–Crippen LogP) is 4.20. The third-order valence-corrected chi connectivity index (χ3v) is 5.13. The molecule has 0 bridgehead atoms. The summed E-state index contributed by atoms with van der Waals surface area (Å²) in [4.78, 5) is 14.7. The molecule has 146 valence electrons. The highest BCUT2D eigenvalue weighted by Gasteiger charge is 2.26. The van der Waals surface area contributed by atoms with Gasteiger partial charge >= 0.3 is 6.03 Å². The molecule has 1 fully saturated rings. The largest absolute Gasteiger partial charge is 0.508 e. The summed E-state index contributed by atoms with van der Waals surface area (Å²) in [6.45, 7) is 5.26. The second-order valence-corrected chi connectivity index (χ2v) is 7.59. The van der Waals surface area contributed by atoms with Gasteiger partial charge in [0.2, 0.25) is 0 Å². The number of likely N-dealkylation sites (tertiary alicyclic amines) is 1. The summed E-state index contributed by atoms with van der Waals surface area (Å²) >= 11 is 0. The van der Waals surface area contributed by atoms with Crippen molar-refractivity contribution in [3.8, 4) is 5.75 Å². The average molecular weight is 371 g/mol. The fraction of sp³-hybridized carbons (Fsp3) is 0.524. The molecule has 0 aliphatic carbocycles. The molecule has 1 aliphatic heterocycles. The van der Waals surface area contributed by atoms with Crippen LogP contribution in [0.4, 0.5) is 4.79 Å². The molecule has 2 N–H and O–H groups in total. The minimum atomic E-state index is -0.0373. The van der Waals surface area contributed by atoms with Crippen molar-refractivity contribution in [1.29, 1.82) is 0 Å². The number of piperidine rings is 1. The van der Waals surface area contributed by atoms with E-state index in [9.17, 15) is 9.90 Å². The van der Waals surface area contributed by atoms with Gasteiger partial charge in [0, 0.05) is 24.6 Å². The number of aromatic hydroxyl groups is 1. The van der Waals surface area contributed by atoms with Gasteiger partial charge in [0.1, 0.15) is 17.2 Å². The van der Waals surface area contributed by atoms with Gasteiger partial charge in [-0.3, -0.25) is 0 Å². The summed E-state index contributed by atoms with van der Waals surface area (Å²) in [6.07, 6.45) is 4.96. The standard InChI is InChI=1S/C21H29N3O3/c1-15(2)20-13-17(23-27-20)14-22-21(26)24-11-4-3-7-18(24)10-9-16-6-5-8-19(25)12-16/h5-6,8,12-13,15,18,25H,3-4,7,9-11,14H2,1-2H3,(H,22,26)/t18-/m1/s1. The van der Waals surface area contributed by atoms with Crippen LogP contribution in [0.3, 0.4) is 0 Å². The lowest BCUT2D eigenvalue weighted by Crippen LogP contribution is -2.48. The van der Waals surface area contributed by atoms with E-state index >= 15 is 0 Å². The number of hydrogen-bond acceptors (Lipinski definition) is 4. The maximum atomic E-state index is 12.7. The molecule has 1 aromatic carbocycles. The van der Waals surface area contributed by atoms with Crippen molar-refractivity contribution in [2.75, 3.05) is 6.54 Å². The van der Waals surface area contributed by atoms with E-state index in [1.807, 2.05) is 36.9 Å². The third kappa shape index (κ3) is 5.25. The van der Waals surface area contributed by atoms with E-state index in [1.54, 1.807) is 12.1 Å². The topological polar surface area (TPSA) is 78.6 Å². The molecule has 0 saturated carbocycles. The third-order valence-electron chi connectivity index (χ3n) is 5.13. The Bertz CT molecular complexity index is 757. The van der Waals surface area contributed by atoms with E-state index in [1.165, 1.54) is 0 Å². The van der Waals surface area contributed by atoms with Gasteiger partial charge < -0.3 is 19.8 Å². The first-order chi connectivity index (χ1) is 13.0. The number of hydrogen-bond donors (Lipinski definition) is 2. The second kappa shape index (κ2) is 8.93. The molecule has 6 nitrogen and oxygen atoms in total. The summed E-state index contributed by atoms with van der Waals surface area (Å²) in [5.41, 5.74) is 1.85. The Morgan fingerprint density at radius 2 is 2.22 bits per heavy atom. The van der Waals surface area contributed by atoms with Crippen LogP contribution in [0.1, 0.15) is 62.5 Å². The molecule has 1 atom stereocenters. The SMILES string of the molecule is CC(C)c1cc(CNC(=O)N2CCCC[C@@H]2CCc2cccc(O)c2)no1. The summed E-state index contributed by atoms with van der Waals surface area (Å²) < 4.78 is 5.29. The summed E-state index contributed by atoms with van der Waals surface area (Å²) in [5, 5.41) is 16.6. The van der Waals surface area contributed by atoms with Gasteiger partial charge in [-0.05, 0) is 49.8 Å². The van der Waals surface area contributed by atoms with Gasteiger partial charge in [0.15, 0.2) is 0 Å². The van der Waals surface area contributed by atoms with Crippen LogP contribution in [0.15, 0.2) is 34.9 Å². The molecular weight excluding hydrogens is 342 g/mol. The number of phenolic OH excluding ortho intramolecular Hbond substituents is 1. The van der Waals surface area contributed by atoms with E-state index < -0.39 is 0 Å². The minimum absolute atomic E-state index is 0.0373. The van der Waals surface area contributed by atoms with Crippen LogP contribution >= 0.6 is 0 Å². The number of amides is 2. The maximum Gasteiger partial charge on any atom is 0.317 e. The summed E-state index contributed by atoms with van der Waals surface area (Å²) in [7, 11) is 0. The van der Waals surface area contributed by atoms with E-state index in [-0.39, 0.29) is 18.0 Å². The van der Waals surface area contributed by atoms with E-state index in [0.717, 1.165) is 55.7 Å². The van der Waals surface area contributed by atoms with Crippen molar-refractivity contribution in [3.05, 3.63) is 47.3 Å². The Morgan fingerprint density at radius 1 is 1.37 bits per heavy atom. The molecule has 0 spiro atoms. The smallest absolute Gasteiger partial charge is 0.317 e. The molecular formula is C21H29N3O3. The number of benzene rings is 1. The van der Waals surface area contributed by atoms with Crippen molar-refractivity contribution in [3.63, 3.8) is 0 Å². The van der Waals surface area contributed by atoms with Gasteiger partial charge in [-0.1, -0.05) is 31.1 Å². The number of phenols is 1. The number of urea groups is 1. The lowest BCUT2D eigenvalue weighted by molar-refractivity contribution is 0.146. The van der Waals surface area contributed by atoms with Gasteiger partial charge in [-0.25, -0.2) is 4.79 Å². The first-order valence-corrected chi connectivity index (χ1v) is 9.81. The zero-order valence-corrected chi connectivity index (χ0v) is 16.1. The van der Waals surface area contributed by atoms with Crippen LogP contribution in [-0.4, -0.2) is 33.8 Å². The predicted molar refractivity (Wildman–Crippen MR) is 104 cm³/mol. The number of carbonyl (C=O) groups excluding carboxylic acids is 1. The Balaban J connectivity index is 1.54. The minimum Gasteiger partial charge on any atom is -0.508 e. The van der Waals surface area contributed by atoms with Crippen molar-refractivity contribution < 1.29 is 14.4 Å². The summed E-state index contributed by atoms with van der Waals surface area (Å²) in [5.74, 6) is 1.41. The van der Waals surface area contributed by atoms with Crippen molar-refractivity contribution >= 4 is 6.03 Å². The quantitative estimate of drug-likeness (QED) is 0.798. The molecule has 0 unspecified atom stereocenters. The molecule has 1 saturated heterocycles.